The molecule has 1 atom stereocenters. The number of halogens is 2. The molecule has 1 N–H and O–H groups in total. The van der Waals surface area contributed by atoms with E-state index in [0.29, 0.717) is 0 Å². The van der Waals surface area contributed by atoms with Crippen LogP contribution < -0.4 is 5.32 Å². The van der Waals surface area contributed by atoms with Crippen LogP contribution in [0.4, 0.5) is 8.78 Å². The van der Waals surface area contributed by atoms with Gasteiger partial charge in [-0.15, -0.1) is 0 Å². The van der Waals surface area contributed by atoms with Crippen molar-refractivity contribution >= 4 is 0 Å². The first kappa shape index (κ1) is 15.6. The smallest absolute Gasteiger partial charge is 0.123 e. The van der Waals surface area contributed by atoms with Gasteiger partial charge < -0.3 is 5.32 Å². The summed E-state index contributed by atoms with van der Waals surface area (Å²) in [6.45, 7) is 3.84. The summed E-state index contributed by atoms with van der Waals surface area (Å²) in [4.78, 5) is 0. The van der Waals surface area contributed by atoms with Crippen molar-refractivity contribution in [2.45, 2.75) is 25.7 Å². The highest BCUT2D eigenvalue weighted by molar-refractivity contribution is 5.25. The first-order valence-corrected chi connectivity index (χ1v) is 7.39. The molecule has 2 rings (SSSR count). The summed E-state index contributed by atoms with van der Waals surface area (Å²) in [6.07, 6.45) is 1.83. The van der Waals surface area contributed by atoms with Crippen molar-refractivity contribution in [3.05, 3.63) is 71.3 Å². The van der Waals surface area contributed by atoms with Crippen LogP contribution in [0.2, 0.25) is 0 Å². The minimum atomic E-state index is -0.231. The summed E-state index contributed by atoms with van der Waals surface area (Å²) in [5, 5.41) is 3.39. The molecule has 2 aromatic carbocycles. The zero-order valence-electron chi connectivity index (χ0n) is 12.3. The molecular formula is C18H21F2N. The van der Waals surface area contributed by atoms with E-state index < -0.39 is 0 Å². The van der Waals surface area contributed by atoms with E-state index in [9.17, 15) is 8.78 Å². The van der Waals surface area contributed by atoms with E-state index in [2.05, 4.69) is 12.2 Å². The fraction of sp³-hybridized carbons (Fsp3) is 0.333. The van der Waals surface area contributed by atoms with Gasteiger partial charge in [0.25, 0.3) is 0 Å². The molecule has 1 nitrogen and oxygen atoms in total. The fourth-order valence-corrected chi connectivity index (χ4v) is 2.43. The Morgan fingerprint density at radius 1 is 1.00 bits per heavy atom. The van der Waals surface area contributed by atoms with E-state index in [-0.39, 0.29) is 17.6 Å². The second kappa shape index (κ2) is 7.89. The quantitative estimate of drug-likeness (QED) is 0.750. The summed E-state index contributed by atoms with van der Waals surface area (Å²) in [7, 11) is 0. The molecule has 0 radical (unpaired) electrons. The molecule has 0 fully saturated rings. The van der Waals surface area contributed by atoms with E-state index >= 15 is 0 Å². The number of hydrogen-bond acceptors (Lipinski definition) is 1. The molecule has 0 spiro atoms. The molecule has 0 saturated carbocycles. The van der Waals surface area contributed by atoms with E-state index in [1.807, 2.05) is 6.07 Å². The molecule has 0 heterocycles. The standard InChI is InChI=1S/C18H21F2N/c1-2-10-21-13-16(15-4-3-5-18(20)12-15)11-14-6-8-17(19)9-7-14/h3-9,12,16,21H,2,10-11,13H2,1H3. The molecule has 0 aliphatic heterocycles. The maximum Gasteiger partial charge on any atom is 0.123 e. The average molecular weight is 289 g/mol. The van der Waals surface area contributed by atoms with E-state index in [4.69, 9.17) is 0 Å². The lowest BCUT2D eigenvalue weighted by Gasteiger charge is -2.18. The van der Waals surface area contributed by atoms with Crippen molar-refractivity contribution in [1.82, 2.24) is 5.32 Å². The van der Waals surface area contributed by atoms with Crippen LogP contribution in [0.15, 0.2) is 48.5 Å². The van der Waals surface area contributed by atoms with Gasteiger partial charge in [0, 0.05) is 12.5 Å². The van der Waals surface area contributed by atoms with Gasteiger partial charge in [0.15, 0.2) is 0 Å². The molecule has 2 aromatic rings. The molecule has 1 unspecified atom stereocenters. The molecule has 0 saturated heterocycles. The van der Waals surface area contributed by atoms with E-state index in [1.165, 1.54) is 18.2 Å². The van der Waals surface area contributed by atoms with Gasteiger partial charge >= 0.3 is 0 Å². The summed E-state index contributed by atoms with van der Waals surface area (Å²) in [6, 6.07) is 13.3. The van der Waals surface area contributed by atoms with Crippen LogP contribution in [0.5, 0.6) is 0 Å². The van der Waals surface area contributed by atoms with E-state index in [0.717, 1.165) is 37.1 Å². The molecule has 0 aromatic heterocycles. The minimum Gasteiger partial charge on any atom is -0.316 e. The molecule has 3 heteroatoms. The topological polar surface area (TPSA) is 12.0 Å². The van der Waals surface area contributed by atoms with Crippen LogP contribution in [-0.2, 0) is 6.42 Å². The predicted molar refractivity (Wildman–Crippen MR) is 82.4 cm³/mol. The summed E-state index contributed by atoms with van der Waals surface area (Å²) in [5.74, 6) is -0.269. The Balaban J connectivity index is 2.13. The highest BCUT2D eigenvalue weighted by atomic mass is 19.1. The van der Waals surface area contributed by atoms with Gasteiger partial charge in [-0.2, -0.15) is 0 Å². The van der Waals surface area contributed by atoms with Crippen LogP contribution in [-0.4, -0.2) is 13.1 Å². The molecule has 21 heavy (non-hydrogen) atoms. The van der Waals surface area contributed by atoms with Crippen LogP contribution in [0.25, 0.3) is 0 Å². The van der Waals surface area contributed by atoms with Crippen molar-refractivity contribution < 1.29 is 8.78 Å². The van der Waals surface area contributed by atoms with Gasteiger partial charge in [-0.3, -0.25) is 0 Å². The normalized spacial score (nSPS) is 12.3. The maximum absolute atomic E-state index is 13.4. The van der Waals surface area contributed by atoms with Crippen molar-refractivity contribution in [3.8, 4) is 0 Å². The minimum absolute atomic E-state index is 0.178. The third-order valence-corrected chi connectivity index (χ3v) is 3.53. The zero-order chi connectivity index (χ0) is 15.1. The van der Waals surface area contributed by atoms with Crippen LogP contribution in [0.1, 0.15) is 30.4 Å². The molecular weight excluding hydrogens is 268 g/mol. The molecule has 0 aliphatic rings. The lowest BCUT2D eigenvalue weighted by atomic mass is 9.91. The molecule has 0 bridgehead atoms. The summed E-state index contributed by atoms with van der Waals surface area (Å²) in [5.41, 5.74) is 2.03. The van der Waals surface area contributed by atoms with Crippen molar-refractivity contribution in [1.29, 1.82) is 0 Å². The van der Waals surface area contributed by atoms with E-state index in [1.54, 1.807) is 24.3 Å². The average Bonchev–Trinajstić information content (AvgIpc) is 2.48. The van der Waals surface area contributed by atoms with Gasteiger partial charge in [0.2, 0.25) is 0 Å². The van der Waals surface area contributed by atoms with Gasteiger partial charge in [0.1, 0.15) is 11.6 Å². The largest absolute Gasteiger partial charge is 0.316 e. The third-order valence-electron chi connectivity index (χ3n) is 3.53. The third kappa shape index (κ3) is 4.94. The number of rotatable bonds is 7. The maximum atomic E-state index is 13.4. The first-order valence-electron chi connectivity index (χ1n) is 7.39. The Hall–Kier alpha value is -1.74. The fourth-order valence-electron chi connectivity index (χ4n) is 2.43. The summed E-state index contributed by atoms with van der Waals surface area (Å²) < 4.78 is 26.4. The highest BCUT2D eigenvalue weighted by Crippen LogP contribution is 2.21. The van der Waals surface area contributed by atoms with Crippen molar-refractivity contribution in [2.24, 2.45) is 0 Å². The SMILES string of the molecule is CCCNCC(Cc1ccc(F)cc1)c1cccc(F)c1. The van der Waals surface area contributed by atoms with Gasteiger partial charge in [-0.05, 0) is 54.8 Å². The number of nitrogens with one attached hydrogen (secondary N) is 1. The second-order valence-electron chi connectivity index (χ2n) is 5.29. The predicted octanol–water partition coefficient (Wildman–Crippen LogP) is 4.29. The van der Waals surface area contributed by atoms with Crippen LogP contribution in [0, 0.1) is 11.6 Å². The zero-order valence-corrected chi connectivity index (χ0v) is 12.3. The lowest BCUT2D eigenvalue weighted by Crippen LogP contribution is -2.23. The van der Waals surface area contributed by atoms with Crippen LogP contribution >= 0.6 is 0 Å². The number of benzene rings is 2. The molecule has 0 amide bonds. The Morgan fingerprint density at radius 2 is 1.76 bits per heavy atom. The molecule has 0 aliphatic carbocycles. The summed E-state index contributed by atoms with van der Waals surface area (Å²) >= 11 is 0. The Labute approximate surface area is 125 Å². The molecule has 112 valence electrons. The van der Waals surface area contributed by atoms with Gasteiger partial charge in [-0.25, -0.2) is 8.78 Å². The Kier molecular flexibility index (Phi) is 5.88. The van der Waals surface area contributed by atoms with Crippen LogP contribution in [0.3, 0.4) is 0 Å². The van der Waals surface area contributed by atoms with Crippen molar-refractivity contribution in [3.63, 3.8) is 0 Å². The second-order valence-corrected chi connectivity index (χ2v) is 5.29. The Bertz CT molecular complexity index is 551. The number of hydrogen-bond donors (Lipinski definition) is 1. The van der Waals surface area contributed by atoms with Gasteiger partial charge in [0.05, 0.1) is 0 Å². The highest BCUT2D eigenvalue weighted by Gasteiger charge is 2.13. The van der Waals surface area contributed by atoms with Gasteiger partial charge in [-0.1, -0.05) is 31.2 Å². The monoisotopic (exact) mass is 289 g/mol. The van der Waals surface area contributed by atoms with Crippen molar-refractivity contribution in [2.75, 3.05) is 13.1 Å². The first-order chi connectivity index (χ1) is 10.2. The Morgan fingerprint density at radius 3 is 2.43 bits per heavy atom. The lowest BCUT2D eigenvalue weighted by molar-refractivity contribution is 0.568.